The predicted molar refractivity (Wildman–Crippen MR) is 70.1 cm³/mol. The van der Waals surface area contributed by atoms with Gasteiger partial charge in [-0.3, -0.25) is 9.78 Å². The number of aliphatic hydroxyl groups excluding tert-OH is 2. The second-order valence-corrected chi connectivity index (χ2v) is 5.10. The molecule has 0 aliphatic carbocycles. The maximum atomic E-state index is 12.0. The van der Waals surface area contributed by atoms with E-state index in [0.29, 0.717) is 0 Å². The van der Waals surface area contributed by atoms with Crippen LogP contribution in [-0.4, -0.2) is 60.5 Å². The summed E-state index contributed by atoms with van der Waals surface area (Å²) in [4.78, 5) is 25.7. The Hall–Kier alpha value is -1.66. The van der Waals surface area contributed by atoms with E-state index in [0.717, 1.165) is 16.3 Å². The molecular weight excluding hydrogens is 304 g/mol. The highest BCUT2D eigenvalue weighted by atomic mass is 32.1. The van der Waals surface area contributed by atoms with Crippen LogP contribution in [0, 0.1) is 0 Å². The summed E-state index contributed by atoms with van der Waals surface area (Å²) in [6.07, 6.45) is -4.57. The molecular formula is C10H12N4O6S. The van der Waals surface area contributed by atoms with Crippen LogP contribution in [0.1, 0.15) is 6.23 Å². The highest BCUT2D eigenvalue weighted by Crippen LogP contribution is 2.29. The zero-order chi connectivity index (χ0) is 15.1. The van der Waals surface area contributed by atoms with Crippen LogP contribution in [0.2, 0.25) is 0 Å². The normalized spacial score (nSPS) is 29.3. The number of nitrogens with zero attached hydrogens (tertiary/aromatic N) is 3. The van der Waals surface area contributed by atoms with Gasteiger partial charge in [0.2, 0.25) is 0 Å². The zero-order valence-electron chi connectivity index (χ0n) is 10.8. The molecule has 1 aliphatic rings. The van der Waals surface area contributed by atoms with Gasteiger partial charge in [0.15, 0.2) is 17.4 Å². The maximum Gasteiger partial charge on any atom is 0.332 e. The van der Waals surface area contributed by atoms with Gasteiger partial charge in [0.05, 0.1) is 18.3 Å². The van der Waals surface area contributed by atoms with E-state index in [1.54, 1.807) is 0 Å². The fourth-order valence-corrected chi connectivity index (χ4v) is 2.82. The summed E-state index contributed by atoms with van der Waals surface area (Å²) in [6.45, 7) is 0.0469. The summed E-state index contributed by atoms with van der Waals surface area (Å²) in [5.41, 5.74) is -1.49. The predicted octanol–water partition coefficient (Wildman–Crippen LogP) is -2.19. The van der Waals surface area contributed by atoms with E-state index in [1.165, 1.54) is 7.11 Å². The molecule has 114 valence electrons. The van der Waals surface area contributed by atoms with Crippen LogP contribution in [0.25, 0.3) is 11.2 Å². The maximum absolute atomic E-state index is 12.0. The molecule has 4 atom stereocenters. The number of ether oxygens (including phenoxy) is 2. The molecule has 0 bridgehead atoms. The van der Waals surface area contributed by atoms with Crippen molar-refractivity contribution in [2.45, 2.75) is 24.5 Å². The molecule has 2 aromatic rings. The van der Waals surface area contributed by atoms with E-state index < -0.39 is 35.8 Å². The van der Waals surface area contributed by atoms with Gasteiger partial charge in [0, 0.05) is 7.11 Å². The van der Waals surface area contributed by atoms with Crippen molar-refractivity contribution >= 4 is 22.9 Å². The highest BCUT2D eigenvalue weighted by Gasteiger charge is 2.45. The molecule has 2 aromatic heterocycles. The quantitative estimate of drug-likeness (QED) is 0.580. The van der Waals surface area contributed by atoms with Crippen LogP contribution in [0.15, 0.2) is 9.59 Å². The van der Waals surface area contributed by atoms with Crippen LogP contribution in [0.4, 0.5) is 0 Å². The van der Waals surface area contributed by atoms with Crippen LogP contribution in [0.5, 0.6) is 0 Å². The molecule has 0 aromatic carbocycles. The lowest BCUT2D eigenvalue weighted by atomic mass is 10.1. The van der Waals surface area contributed by atoms with Crippen molar-refractivity contribution in [1.82, 2.24) is 18.3 Å². The second-order valence-electron chi connectivity index (χ2n) is 4.57. The summed E-state index contributed by atoms with van der Waals surface area (Å²) < 4.78 is 19.0. The Morgan fingerprint density at radius 2 is 2.14 bits per heavy atom. The first kappa shape index (κ1) is 14.3. The molecule has 11 heteroatoms. The van der Waals surface area contributed by atoms with Gasteiger partial charge in [0.25, 0.3) is 5.56 Å². The van der Waals surface area contributed by atoms with Gasteiger partial charge in [-0.2, -0.15) is 8.75 Å². The van der Waals surface area contributed by atoms with E-state index in [1.807, 2.05) is 0 Å². The SMILES string of the molecule is COC[C@H]1O[C@@H](n2c(=O)[nH]c(=O)c3nsnc32)C(O)C1O. The number of methoxy groups -OCH3 is 1. The molecule has 3 N–H and O–H groups in total. The molecule has 1 fully saturated rings. The first-order chi connectivity index (χ1) is 10.0. The Kier molecular flexibility index (Phi) is 3.59. The van der Waals surface area contributed by atoms with Gasteiger partial charge in [-0.05, 0) is 0 Å². The third kappa shape index (κ3) is 2.18. The van der Waals surface area contributed by atoms with Gasteiger partial charge >= 0.3 is 5.69 Å². The third-order valence-electron chi connectivity index (χ3n) is 3.28. The Labute approximate surface area is 120 Å². The van der Waals surface area contributed by atoms with Crippen molar-refractivity contribution in [3.63, 3.8) is 0 Å². The summed E-state index contributed by atoms with van der Waals surface area (Å²) in [5, 5.41) is 20.0. The average molecular weight is 316 g/mol. The number of hydrogen-bond acceptors (Lipinski definition) is 9. The van der Waals surface area contributed by atoms with Crippen LogP contribution in [-0.2, 0) is 9.47 Å². The lowest BCUT2D eigenvalue weighted by Crippen LogP contribution is -2.38. The van der Waals surface area contributed by atoms with E-state index in [9.17, 15) is 19.8 Å². The van der Waals surface area contributed by atoms with E-state index in [2.05, 4.69) is 13.7 Å². The summed E-state index contributed by atoms with van der Waals surface area (Å²) in [5.74, 6) is 0. The van der Waals surface area contributed by atoms with Crippen molar-refractivity contribution in [1.29, 1.82) is 0 Å². The molecule has 10 nitrogen and oxygen atoms in total. The largest absolute Gasteiger partial charge is 0.387 e. The molecule has 21 heavy (non-hydrogen) atoms. The number of nitrogens with one attached hydrogen (secondary N) is 1. The van der Waals surface area contributed by atoms with Crippen molar-refractivity contribution in [3.8, 4) is 0 Å². The molecule has 3 rings (SSSR count). The van der Waals surface area contributed by atoms with E-state index in [-0.39, 0.29) is 17.8 Å². The first-order valence-electron chi connectivity index (χ1n) is 6.02. The number of aromatic amines is 1. The minimum absolute atomic E-state index is 0.00284. The average Bonchev–Trinajstić information content (AvgIpc) is 3.01. The lowest BCUT2D eigenvalue weighted by molar-refractivity contribution is -0.0596. The Balaban J connectivity index is 2.11. The zero-order valence-corrected chi connectivity index (χ0v) is 11.6. The minimum atomic E-state index is -1.36. The molecule has 3 heterocycles. The molecule has 1 saturated heterocycles. The van der Waals surface area contributed by atoms with Crippen LogP contribution < -0.4 is 11.2 Å². The molecule has 1 aliphatic heterocycles. The first-order valence-corrected chi connectivity index (χ1v) is 6.75. The third-order valence-corrected chi connectivity index (χ3v) is 3.80. The molecule has 0 saturated carbocycles. The van der Waals surface area contributed by atoms with Gasteiger partial charge < -0.3 is 19.7 Å². The fourth-order valence-electron chi connectivity index (χ4n) is 2.28. The van der Waals surface area contributed by atoms with Crippen LogP contribution >= 0.6 is 11.7 Å². The number of aromatic nitrogens is 4. The molecule has 0 radical (unpaired) electrons. The Morgan fingerprint density at radius 3 is 2.86 bits per heavy atom. The Bertz CT molecular complexity index is 769. The summed E-state index contributed by atoms with van der Waals surface area (Å²) >= 11 is 0.758. The molecule has 0 spiro atoms. The molecule has 2 unspecified atom stereocenters. The number of hydrogen-bond donors (Lipinski definition) is 3. The summed E-state index contributed by atoms with van der Waals surface area (Å²) in [6, 6.07) is 0. The van der Waals surface area contributed by atoms with Gasteiger partial charge in [-0.25, -0.2) is 9.36 Å². The molecule has 0 amide bonds. The Morgan fingerprint density at radius 1 is 1.38 bits per heavy atom. The topological polar surface area (TPSA) is 140 Å². The van der Waals surface area contributed by atoms with Crippen molar-refractivity contribution in [2.24, 2.45) is 0 Å². The number of H-pyrrole nitrogens is 1. The van der Waals surface area contributed by atoms with Gasteiger partial charge in [-0.1, -0.05) is 0 Å². The van der Waals surface area contributed by atoms with Gasteiger partial charge in [0.1, 0.15) is 18.3 Å². The number of rotatable bonds is 3. The number of fused-ring (bicyclic) bond motifs is 1. The number of aliphatic hydroxyl groups is 2. The smallest absolute Gasteiger partial charge is 0.332 e. The standard InChI is InChI=1S/C10H12N4O6S/c1-19-2-3-5(15)6(16)9(20-3)14-7-4(12-21-13-7)8(17)11-10(14)18/h3,5-6,9,15-16H,2H2,1H3,(H,11,17,18)/t3-,5?,6?,9-/m1/s1. The van der Waals surface area contributed by atoms with E-state index >= 15 is 0 Å². The van der Waals surface area contributed by atoms with Crippen LogP contribution in [0.3, 0.4) is 0 Å². The second kappa shape index (κ2) is 5.27. The highest BCUT2D eigenvalue weighted by molar-refractivity contribution is 7.00. The van der Waals surface area contributed by atoms with Gasteiger partial charge in [-0.15, -0.1) is 0 Å². The fraction of sp³-hybridized carbons (Fsp3) is 0.600. The lowest BCUT2D eigenvalue weighted by Gasteiger charge is -2.17. The summed E-state index contributed by atoms with van der Waals surface area (Å²) in [7, 11) is 1.42. The minimum Gasteiger partial charge on any atom is -0.387 e. The van der Waals surface area contributed by atoms with Crippen molar-refractivity contribution < 1.29 is 19.7 Å². The monoisotopic (exact) mass is 316 g/mol. The van der Waals surface area contributed by atoms with E-state index in [4.69, 9.17) is 9.47 Å². The van der Waals surface area contributed by atoms with Crippen molar-refractivity contribution in [2.75, 3.05) is 13.7 Å². The van der Waals surface area contributed by atoms with Crippen molar-refractivity contribution in [3.05, 3.63) is 20.8 Å².